The molecule has 0 atom stereocenters. The van der Waals surface area contributed by atoms with Crippen molar-refractivity contribution in [3.8, 4) is 0 Å². The number of hydrogen-bond acceptors (Lipinski definition) is 2. The third-order valence-electron chi connectivity index (χ3n) is 2.49. The molecule has 0 rings (SSSR count). The van der Waals surface area contributed by atoms with E-state index in [2.05, 4.69) is 27.4 Å². The minimum atomic E-state index is -0.410. The standard InChI is InChI=1S/C8H20OS.C3H6O/c1-4-10(5-2,6-3)8-7-9;1-2-3-4/h9H,4-8H2,1-3H3;2,4H,1,3H2. The second-order valence-corrected chi connectivity index (χ2v) is 7.58. The van der Waals surface area contributed by atoms with Gasteiger partial charge in [0.15, 0.2) is 0 Å². The fraction of sp³-hybridized carbons (Fsp3) is 0.818. The van der Waals surface area contributed by atoms with E-state index in [0.29, 0.717) is 6.61 Å². The van der Waals surface area contributed by atoms with E-state index in [1.165, 1.54) is 23.3 Å². The zero-order chi connectivity index (χ0) is 11.4. The van der Waals surface area contributed by atoms with Gasteiger partial charge in [0.1, 0.15) is 0 Å². The predicted octanol–water partition coefficient (Wildman–Crippen LogP) is 2.01. The van der Waals surface area contributed by atoms with Crippen LogP contribution in [-0.2, 0) is 0 Å². The maximum Gasteiger partial charge on any atom is 0.0609 e. The Bertz CT molecular complexity index is 114. The zero-order valence-corrected chi connectivity index (χ0v) is 10.6. The van der Waals surface area contributed by atoms with Crippen LogP contribution in [0, 0.1) is 0 Å². The molecule has 0 bridgehead atoms. The molecule has 0 aliphatic carbocycles. The van der Waals surface area contributed by atoms with E-state index >= 15 is 0 Å². The Morgan fingerprint density at radius 1 is 1.07 bits per heavy atom. The van der Waals surface area contributed by atoms with E-state index in [-0.39, 0.29) is 6.61 Å². The van der Waals surface area contributed by atoms with Crippen molar-refractivity contribution in [1.29, 1.82) is 0 Å². The maximum atomic E-state index is 8.82. The van der Waals surface area contributed by atoms with Crippen molar-refractivity contribution < 1.29 is 10.2 Å². The van der Waals surface area contributed by atoms with Crippen LogP contribution in [0.1, 0.15) is 20.8 Å². The van der Waals surface area contributed by atoms with Crippen molar-refractivity contribution in [2.45, 2.75) is 20.8 Å². The molecule has 0 saturated heterocycles. The summed E-state index contributed by atoms with van der Waals surface area (Å²) in [5.41, 5.74) is 0. The van der Waals surface area contributed by atoms with Gasteiger partial charge >= 0.3 is 0 Å². The Balaban J connectivity index is 0. The Morgan fingerprint density at radius 3 is 1.50 bits per heavy atom. The molecule has 0 aliphatic heterocycles. The summed E-state index contributed by atoms with van der Waals surface area (Å²) in [5.74, 6) is 4.89. The average molecular weight is 222 g/mol. The third kappa shape index (κ3) is 7.42. The summed E-state index contributed by atoms with van der Waals surface area (Å²) in [7, 11) is -0.410. The van der Waals surface area contributed by atoms with Gasteiger partial charge in [0.2, 0.25) is 0 Å². The van der Waals surface area contributed by atoms with Gasteiger partial charge in [0, 0.05) is 5.75 Å². The second-order valence-electron chi connectivity index (χ2n) is 2.99. The van der Waals surface area contributed by atoms with Crippen molar-refractivity contribution in [3.05, 3.63) is 12.7 Å². The molecule has 0 aromatic carbocycles. The van der Waals surface area contributed by atoms with Gasteiger partial charge in [-0.25, -0.2) is 10.0 Å². The van der Waals surface area contributed by atoms with Crippen LogP contribution < -0.4 is 0 Å². The minimum Gasteiger partial charge on any atom is -0.396 e. The summed E-state index contributed by atoms with van der Waals surface area (Å²) < 4.78 is 0. The highest BCUT2D eigenvalue weighted by molar-refractivity contribution is 8.33. The quantitative estimate of drug-likeness (QED) is 0.675. The van der Waals surface area contributed by atoms with E-state index in [0.717, 1.165) is 5.75 Å². The first-order valence-corrected chi connectivity index (χ1v) is 7.53. The molecule has 0 unspecified atom stereocenters. The van der Waals surface area contributed by atoms with E-state index in [1.807, 2.05) is 0 Å². The molecule has 0 fully saturated rings. The van der Waals surface area contributed by atoms with Gasteiger partial charge in [0.05, 0.1) is 13.2 Å². The van der Waals surface area contributed by atoms with E-state index in [1.54, 1.807) is 0 Å². The Morgan fingerprint density at radius 2 is 1.43 bits per heavy atom. The van der Waals surface area contributed by atoms with Gasteiger partial charge in [-0.2, -0.15) is 0 Å². The first kappa shape index (κ1) is 16.4. The lowest BCUT2D eigenvalue weighted by atomic mass is 10.7. The first-order chi connectivity index (χ1) is 6.66. The van der Waals surface area contributed by atoms with Gasteiger partial charge in [-0.1, -0.05) is 26.8 Å². The topological polar surface area (TPSA) is 40.5 Å². The largest absolute Gasteiger partial charge is 0.396 e. The van der Waals surface area contributed by atoms with Crippen LogP contribution in [0.3, 0.4) is 0 Å². The smallest absolute Gasteiger partial charge is 0.0609 e. The van der Waals surface area contributed by atoms with Crippen molar-refractivity contribution >= 4 is 10.0 Å². The number of aliphatic hydroxyl groups is 2. The molecule has 0 heterocycles. The van der Waals surface area contributed by atoms with E-state index < -0.39 is 10.0 Å². The van der Waals surface area contributed by atoms with Gasteiger partial charge in [0.25, 0.3) is 0 Å². The fourth-order valence-electron chi connectivity index (χ4n) is 1.24. The van der Waals surface area contributed by atoms with Gasteiger partial charge in [-0.3, -0.25) is 0 Å². The lowest BCUT2D eigenvalue weighted by Crippen LogP contribution is -2.15. The van der Waals surface area contributed by atoms with Gasteiger partial charge < -0.3 is 10.2 Å². The molecule has 0 aliphatic rings. The molecule has 88 valence electrons. The van der Waals surface area contributed by atoms with Crippen LogP contribution in [-0.4, -0.2) is 46.4 Å². The van der Waals surface area contributed by atoms with E-state index in [9.17, 15) is 0 Å². The molecule has 0 saturated carbocycles. The van der Waals surface area contributed by atoms with Gasteiger partial charge in [-0.05, 0) is 17.3 Å². The molecular weight excluding hydrogens is 196 g/mol. The van der Waals surface area contributed by atoms with Crippen LogP contribution in [0.25, 0.3) is 0 Å². The zero-order valence-electron chi connectivity index (χ0n) is 9.83. The van der Waals surface area contributed by atoms with Crippen molar-refractivity contribution in [2.75, 3.05) is 36.2 Å². The summed E-state index contributed by atoms with van der Waals surface area (Å²) in [6.07, 6.45) is 1.43. The molecular formula is C11H26O2S. The van der Waals surface area contributed by atoms with Gasteiger partial charge in [-0.15, -0.1) is 6.58 Å². The summed E-state index contributed by atoms with van der Waals surface area (Å²) in [4.78, 5) is 0. The highest BCUT2D eigenvalue weighted by Crippen LogP contribution is 2.45. The molecule has 0 radical (unpaired) electrons. The summed E-state index contributed by atoms with van der Waals surface area (Å²) in [6.45, 7) is 10.4. The fourth-order valence-corrected chi connectivity index (χ4v) is 3.72. The molecule has 0 aromatic heterocycles. The second kappa shape index (κ2) is 11.1. The monoisotopic (exact) mass is 222 g/mol. The minimum absolute atomic E-state index is 0.0833. The summed E-state index contributed by atoms with van der Waals surface area (Å²) in [5, 5.41) is 16.6. The lowest BCUT2D eigenvalue weighted by Gasteiger charge is -2.36. The molecule has 0 amide bonds. The third-order valence-corrected chi connectivity index (χ3v) is 7.21. The highest BCUT2D eigenvalue weighted by atomic mass is 32.3. The molecule has 0 spiro atoms. The lowest BCUT2D eigenvalue weighted by molar-refractivity contribution is 0.321. The normalized spacial score (nSPS) is 11.5. The number of hydrogen-bond donors (Lipinski definition) is 2. The maximum absolute atomic E-state index is 8.82. The molecule has 2 nitrogen and oxygen atoms in total. The van der Waals surface area contributed by atoms with Crippen LogP contribution in [0.5, 0.6) is 0 Å². The van der Waals surface area contributed by atoms with Crippen molar-refractivity contribution in [3.63, 3.8) is 0 Å². The molecule has 3 heteroatoms. The Hall–Kier alpha value is 0.01000. The Labute approximate surface area is 90.4 Å². The molecule has 14 heavy (non-hydrogen) atoms. The SMILES string of the molecule is C=CCO.CCS(CC)(CC)CCO. The summed E-state index contributed by atoms with van der Waals surface area (Å²) in [6, 6.07) is 0. The van der Waals surface area contributed by atoms with Crippen molar-refractivity contribution in [1.82, 2.24) is 0 Å². The summed E-state index contributed by atoms with van der Waals surface area (Å²) >= 11 is 0. The predicted molar refractivity (Wildman–Crippen MR) is 68.4 cm³/mol. The van der Waals surface area contributed by atoms with Crippen LogP contribution in [0.2, 0.25) is 0 Å². The molecule has 2 N–H and O–H groups in total. The van der Waals surface area contributed by atoms with Crippen molar-refractivity contribution in [2.24, 2.45) is 0 Å². The van der Waals surface area contributed by atoms with Crippen LogP contribution in [0.4, 0.5) is 0 Å². The van der Waals surface area contributed by atoms with Crippen LogP contribution in [0.15, 0.2) is 12.7 Å². The van der Waals surface area contributed by atoms with E-state index in [4.69, 9.17) is 10.2 Å². The molecule has 0 aromatic rings. The number of aliphatic hydroxyl groups excluding tert-OH is 2. The highest BCUT2D eigenvalue weighted by Gasteiger charge is 2.15. The number of rotatable bonds is 6. The van der Waals surface area contributed by atoms with Crippen LogP contribution >= 0.6 is 10.0 Å². The average Bonchev–Trinajstić information content (AvgIpc) is 2.26. The first-order valence-electron chi connectivity index (χ1n) is 5.22. The Kier molecular flexibility index (Phi) is 13.0.